The lowest BCUT2D eigenvalue weighted by Gasteiger charge is -2.29. The molecule has 2 aromatic carbocycles. The maximum absolute atomic E-state index is 12.6. The molecule has 142 valence electrons. The van der Waals surface area contributed by atoms with E-state index in [0.717, 1.165) is 16.1 Å². The van der Waals surface area contributed by atoms with Crippen LogP contribution in [0.5, 0.6) is 0 Å². The molecule has 0 saturated carbocycles. The summed E-state index contributed by atoms with van der Waals surface area (Å²) in [5.74, 6) is 1.36. The first-order valence-electron chi connectivity index (χ1n) is 8.91. The molecule has 2 heterocycles. The van der Waals surface area contributed by atoms with Gasteiger partial charge in [0.25, 0.3) is 5.91 Å². The second-order valence-electron chi connectivity index (χ2n) is 6.48. The van der Waals surface area contributed by atoms with Crippen LogP contribution in [0.25, 0.3) is 0 Å². The fourth-order valence-electron chi connectivity index (χ4n) is 3.02. The van der Waals surface area contributed by atoms with Gasteiger partial charge in [-0.25, -0.2) is 4.98 Å². The number of thioether (sulfide) groups is 1. The number of aryl methyl sites for hydroxylation is 1. The smallest absolute Gasteiger partial charge is 0.251 e. The van der Waals surface area contributed by atoms with Gasteiger partial charge in [-0.1, -0.05) is 30.3 Å². The summed E-state index contributed by atoms with van der Waals surface area (Å²) in [5, 5.41) is 2.81. The first-order valence-corrected chi connectivity index (χ1v) is 9.89. The Morgan fingerprint density at radius 1 is 1.25 bits per heavy atom. The van der Waals surface area contributed by atoms with Gasteiger partial charge in [0, 0.05) is 10.5 Å². The maximum Gasteiger partial charge on any atom is 0.251 e. The van der Waals surface area contributed by atoms with Crippen LogP contribution < -0.4 is 10.2 Å². The highest BCUT2D eigenvalue weighted by atomic mass is 32.2. The van der Waals surface area contributed by atoms with Crippen molar-refractivity contribution in [3.63, 3.8) is 0 Å². The van der Waals surface area contributed by atoms with Gasteiger partial charge in [0.15, 0.2) is 0 Å². The molecule has 1 aliphatic rings. The number of hydrogen-bond acceptors (Lipinski definition) is 5. The molecule has 0 atom stereocenters. The van der Waals surface area contributed by atoms with Crippen molar-refractivity contribution in [2.45, 2.75) is 24.9 Å². The summed E-state index contributed by atoms with van der Waals surface area (Å²) in [5.41, 5.74) is 2.31. The molecule has 3 aromatic rings. The van der Waals surface area contributed by atoms with Crippen molar-refractivity contribution in [1.29, 1.82) is 0 Å². The fourth-order valence-corrected chi connectivity index (χ4v) is 3.94. The Hall–Kier alpha value is -3.06. The van der Waals surface area contributed by atoms with Gasteiger partial charge in [-0.05, 0) is 30.7 Å². The summed E-state index contributed by atoms with van der Waals surface area (Å²) in [4.78, 5) is 31.9. The Kier molecular flexibility index (Phi) is 5.16. The van der Waals surface area contributed by atoms with Gasteiger partial charge in [0.1, 0.15) is 5.76 Å². The van der Waals surface area contributed by atoms with Crippen LogP contribution in [-0.2, 0) is 17.9 Å². The van der Waals surface area contributed by atoms with E-state index >= 15 is 0 Å². The van der Waals surface area contributed by atoms with Crippen molar-refractivity contribution in [2.75, 3.05) is 10.7 Å². The monoisotopic (exact) mass is 393 g/mol. The zero-order valence-corrected chi connectivity index (χ0v) is 16.2. The predicted octanol–water partition coefficient (Wildman–Crippen LogP) is 3.55. The van der Waals surface area contributed by atoms with E-state index in [9.17, 15) is 9.59 Å². The van der Waals surface area contributed by atoms with Crippen molar-refractivity contribution in [3.05, 3.63) is 77.5 Å². The maximum atomic E-state index is 12.6. The minimum Gasteiger partial charge on any atom is -0.444 e. The second kappa shape index (κ2) is 7.90. The molecule has 0 radical (unpaired) electrons. The zero-order chi connectivity index (χ0) is 19.5. The summed E-state index contributed by atoms with van der Waals surface area (Å²) in [7, 11) is 0. The lowest BCUT2D eigenvalue weighted by atomic mass is 10.1. The minimum absolute atomic E-state index is 0.0363. The van der Waals surface area contributed by atoms with E-state index in [1.165, 1.54) is 11.8 Å². The van der Waals surface area contributed by atoms with Gasteiger partial charge in [-0.15, -0.1) is 11.8 Å². The standard InChI is InChI=1S/C21H19N3O3S/c1-14-10-22-19(27-14)11-23-21(26)16-7-8-18-17(9-16)24(20(25)13-28-18)12-15-5-3-2-4-6-15/h2-10H,11-13H2,1H3,(H,23,26). The number of fused-ring (bicyclic) bond motifs is 1. The topological polar surface area (TPSA) is 75.4 Å². The molecule has 1 aromatic heterocycles. The number of carbonyl (C=O) groups is 2. The van der Waals surface area contributed by atoms with Crippen LogP contribution >= 0.6 is 11.8 Å². The van der Waals surface area contributed by atoms with E-state index in [4.69, 9.17) is 4.42 Å². The van der Waals surface area contributed by atoms with E-state index in [1.54, 1.807) is 30.2 Å². The Labute approximate surface area is 166 Å². The lowest BCUT2D eigenvalue weighted by Crippen LogP contribution is -2.35. The Morgan fingerprint density at radius 3 is 2.82 bits per heavy atom. The van der Waals surface area contributed by atoms with E-state index in [-0.39, 0.29) is 18.4 Å². The van der Waals surface area contributed by atoms with Gasteiger partial charge < -0.3 is 14.6 Å². The zero-order valence-electron chi connectivity index (χ0n) is 15.3. The number of amides is 2. The van der Waals surface area contributed by atoms with Gasteiger partial charge >= 0.3 is 0 Å². The molecule has 0 spiro atoms. The number of benzene rings is 2. The summed E-state index contributed by atoms with van der Waals surface area (Å²) >= 11 is 1.50. The van der Waals surface area contributed by atoms with Crippen molar-refractivity contribution in [1.82, 2.24) is 10.3 Å². The summed E-state index contributed by atoms with van der Waals surface area (Å²) in [6.07, 6.45) is 1.62. The number of carbonyl (C=O) groups excluding carboxylic acids is 2. The average molecular weight is 393 g/mol. The van der Waals surface area contributed by atoms with E-state index in [1.807, 2.05) is 36.4 Å². The number of anilines is 1. The molecule has 2 amide bonds. The highest BCUT2D eigenvalue weighted by Crippen LogP contribution is 2.36. The Bertz CT molecular complexity index is 1020. The van der Waals surface area contributed by atoms with Crippen molar-refractivity contribution in [3.8, 4) is 0 Å². The number of aromatic nitrogens is 1. The molecule has 0 unspecified atom stereocenters. The summed E-state index contributed by atoms with van der Waals surface area (Å²) in [6, 6.07) is 15.3. The average Bonchev–Trinajstić information content (AvgIpc) is 3.14. The molecular weight excluding hydrogens is 374 g/mol. The molecule has 1 N–H and O–H groups in total. The van der Waals surface area contributed by atoms with Gasteiger partial charge in [-0.2, -0.15) is 0 Å². The lowest BCUT2D eigenvalue weighted by molar-refractivity contribution is -0.116. The number of rotatable bonds is 5. The minimum atomic E-state index is -0.235. The third-order valence-corrected chi connectivity index (χ3v) is 5.46. The van der Waals surface area contributed by atoms with Gasteiger partial charge in [-0.3, -0.25) is 9.59 Å². The summed E-state index contributed by atoms with van der Waals surface area (Å²) < 4.78 is 5.38. The van der Waals surface area contributed by atoms with Gasteiger partial charge in [0.05, 0.1) is 30.7 Å². The molecule has 0 saturated heterocycles. The molecule has 7 heteroatoms. The van der Waals surface area contributed by atoms with E-state index in [0.29, 0.717) is 29.5 Å². The number of nitrogens with zero attached hydrogens (tertiary/aromatic N) is 2. The van der Waals surface area contributed by atoms with E-state index in [2.05, 4.69) is 10.3 Å². The van der Waals surface area contributed by atoms with Crippen LogP contribution in [0.3, 0.4) is 0 Å². The highest BCUT2D eigenvalue weighted by Gasteiger charge is 2.26. The van der Waals surface area contributed by atoms with Gasteiger partial charge in [0.2, 0.25) is 11.8 Å². The predicted molar refractivity (Wildman–Crippen MR) is 107 cm³/mol. The third kappa shape index (κ3) is 3.94. The van der Waals surface area contributed by atoms with Crippen LogP contribution in [0.4, 0.5) is 5.69 Å². The second-order valence-corrected chi connectivity index (χ2v) is 7.50. The molecular formula is C21H19N3O3S. The first-order chi connectivity index (χ1) is 13.6. The van der Waals surface area contributed by atoms with Crippen molar-refractivity contribution >= 4 is 29.3 Å². The van der Waals surface area contributed by atoms with Crippen molar-refractivity contribution in [2.24, 2.45) is 0 Å². The molecule has 0 fully saturated rings. The summed E-state index contributed by atoms with van der Waals surface area (Å²) in [6.45, 7) is 2.50. The van der Waals surface area contributed by atoms with Crippen molar-refractivity contribution < 1.29 is 14.0 Å². The SMILES string of the molecule is Cc1cnc(CNC(=O)c2ccc3c(c2)N(Cc2ccccc2)C(=O)CS3)o1. The fraction of sp³-hybridized carbons (Fsp3) is 0.190. The Balaban J connectivity index is 1.55. The molecule has 6 nitrogen and oxygen atoms in total. The molecule has 1 aliphatic heterocycles. The quantitative estimate of drug-likeness (QED) is 0.717. The third-order valence-electron chi connectivity index (χ3n) is 4.42. The molecule has 28 heavy (non-hydrogen) atoms. The largest absolute Gasteiger partial charge is 0.444 e. The van der Waals surface area contributed by atoms with E-state index < -0.39 is 0 Å². The molecule has 4 rings (SSSR count). The van der Waals surface area contributed by atoms with Crippen LogP contribution in [-0.4, -0.2) is 22.6 Å². The highest BCUT2D eigenvalue weighted by molar-refractivity contribution is 8.00. The normalized spacial score (nSPS) is 13.3. The number of nitrogens with one attached hydrogen (secondary N) is 1. The Morgan fingerprint density at radius 2 is 2.07 bits per heavy atom. The number of hydrogen-bond donors (Lipinski definition) is 1. The van der Waals surface area contributed by atoms with Crippen LogP contribution in [0, 0.1) is 6.92 Å². The molecule has 0 aliphatic carbocycles. The number of oxazole rings is 1. The van der Waals surface area contributed by atoms with Crippen LogP contribution in [0.15, 0.2) is 64.0 Å². The molecule has 0 bridgehead atoms. The van der Waals surface area contributed by atoms with Crippen LogP contribution in [0.2, 0.25) is 0 Å². The van der Waals surface area contributed by atoms with Crippen LogP contribution in [0.1, 0.15) is 27.6 Å². The first kappa shape index (κ1) is 18.3.